The molecule has 0 N–H and O–H groups in total. The molecule has 0 aliphatic carbocycles. The highest BCUT2D eigenvalue weighted by atomic mass is 35.5. The lowest BCUT2D eigenvalue weighted by Crippen LogP contribution is -2.28. The van der Waals surface area contributed by atoms with Crippen LogP contribution < -0.4 is 13.8 Å². The summed E-state index contributed by atoms with van der Waals surface area (Å²) >= 11 is 7.95. The third-order valence-electron chi connectivity index (χ3n) is 5.70. The SMILES string of the molecule is COc1cc(OC(F)(F)F)cc(C(C)(C)c2cc(Cl)cc(N(c3ccc4sccc4c3)S(C)(=O)=O)n2)c1. The van der Waals surface area contributed by atoms with Crippen LogP contribution in [0.3, 0.4) is 0 Å². The summed E-state index contributed by atoms with van der Waals surface area (Å²) in [6.07, 6.45) is -3.84. The molecule has 0 saturated carbocycles. The van der Waals surface area contributed by atoms with Crippen LogP contribution in [0.4, 0.5) is 24.7 Å². The van der Waals surface area contributed by atoms with Crippen molar-refractivity contribution in [3.05, 3.63) is 76.3 Å². The molecule has 0 saturated heterocycles. The first-order valence-corrected chi connectivity index (χ1v) is 13.9. The van der Waals surface area contributed by atoms with E-state index >= 15 is 0 Å². The normalized spacial score (nSPS) is 12.5. The highest BCUT2D eigenvalue weighted by Gasteiger charge is 2.34. The third kappa shape index (κ3) is 5.94. The lowest BCUT2D eigenvalue weighted by Gasteiger charge is -2.28. The van der Waals surface area contributed by atoms with Crippen LogP contribution in [0.5, 0.6) is 11.5 Å². The zero-order chi connectivity index (χ0) is 27.2. The number of hydrogen-bond acceptors (Lipinski definition) is 6. The molecule has 0 aliphatic rings. The maximum Gasteiger partial charge on any atom is 0.573 e. The molecule has 0 bridgehead atoms. The Labute approximate surface area is 221 Å². The quantitative estimate of drug-likeness (QED) is 0.233. The fraction of sp³-hybridized carbons (Fsp3) is 0.240. The van der Waals surface area contributed by atoms with Gasteiger partial charge in [0.05, 0.1) is 24.7 Å². The van der Waals surface area contributed by atoms with Crippen molar-refractivity contribution in [2.45, 2.75) is 25.6 Å². The first-order chi connectivity index (χ1) is 17.2. The van der Waals surface area contributed by atoms with Crippen LogP contribution in [0.25, 0.3) is 10.1 Å². The fourth-order valence-corrected chi connectivity index (χ4v) is 5.77. The zero-order valence-electron chi connectivity index (χ0n) is 20.1. The molecule has 0 atom stereocenters. The van der Waals surface area contributed by atoms with Crippen LogP contribution in [0, 0.1) is 0 Å². The highest BCUT2D eigenvalue weighted by Crippen LogP contribution is 2.40. The maximum absolute atomic E-state index is 12.9. The molecule has 2 heterocycles. The van der Waals surface area contributed by atoms with Gasteiger partial charge < -0.3 is 9.47 Å². The Morgan fingerprint density at radius 2 is 1.70 bits per heavy atom. The average molecular weight is 571 g/mol. The van der Waals surface area contributed by atoms with Crippen LogP contribution >= 0.6 is 22.9 Å². The molecule has 0 aliphatic heterocycles. The minimum absolute atomic E-state index is 0.0438. The number of methoxy groups -OCH3 is 1. The third-order valence-corrected chi connectivity index (χ3v) is 7.88. The monoisotopic (exact) mass is 570 g/mol. The minimum atomic E-state index is -4.89. The van der Waals surface area contributed by atoms with Gasteiger partial charge in [-0.25, -0.2) is 17.7 Å². The Morgan fingerprint density at radius 3 is 2.35 bits per heavy atom. The average Bonchev–Trinajstić information content (AvgIpc) is 3.24. The largest absolute Gasteiger partial charge is 0.573 e. The maximum atomic E-state index is 12.9. The van der Waals surface area contributed by atoms with Crippen molar-refractivity contribution < 1.29 is 31.1 Å². The van der Waals surface area contributed by atoms with E-state index in [1.165, 1.54) is 36.6 Å². The number of rotatable bonds is 7. The molecule has 2 aromatic heterocycles. The van der Waals surface area contributed by atoms with Gasteiger partial charge in [0, 0.05) is 27.3 Å². The number of benzene rings is 2. The van der Waals surface area contributed by atoms with Crippen LogP contribution in [0.2, 0.25) is 5.02 Å². The van der Waals surface area contributed by atoms with Gasteiger partial charge in [-0.05, 0) is 58.8 Å². The van der Waals surface area contributed by atoms with E-state index in [1.54, 1.807) is 32.0 Å². The molecule has 37 heavy (non-hydrogen) atoms. The Kier molecular flexibility index (Phi) is 7.08. The summed E-state index contributed by atoms with van der Waals surface area (Å²) in [5.74, 6) is -0.268. The van der Waals surface area contributed by atoms with Gasteiger partial charge >= 0.3 is 6.36 Å². The summed E-state index contributed by atoms with van der Waals surface area (Å²) in [6, 6.07) is 14.0. The predicted molar refractivity (Wildman–Crippen MR) is 140 cm³/mol. The molecule has 4 aromatic rings. The van der Waals surface area contributed by atoms with Crippen molar-refractivity contribution in [1.82, 2.24) is 4.98 Å². The minimum Gasteiger partial charge on any atom is -0.497 e. The van der Waals surface area contributed by atoms with Crippen molar-refractivity contribution in [2.24, 2.45) is 0 Å². The van der Waals surface area contributed by atoms with E-state index in [2.05, 4.69) is 9.72 Å². The van der Waals surface area contributed by atoms with Gasteiger partial charge in [0.2, 0.25) is 10.0 Å². The molecule has 0 unspecified atom stereocenters. The van der Waals surface area contributed by atoms with E-state index in [0.29, 0.717) is 16.9 Å². The molecule has 0 amide bonds. The lowest BCUT2D eigenvalue weighted by molar-refractivity contribution is -0.274. The van der Waals surface area contributed by atoms with E-state index in [4.69, 9.17) is 16.3 Å². The molecule has 0 fully saturated rings. The Balaban J connectivity index is 1.85. The molecule has 0 spiro atoms. The van der Waals surface area contributed by atoms with Gasteiger partial charge in [-0.15, -0.1) is 24.5 Å². The molecular weight excluding hydrogens is 549 g/mol. The Hall–Kier alpha value is -3.02. The van der Waals surface area contributed by atoms with Crippen molar-refractivity contribution >= 4 is 54.6 Å². The number of ether oxygens (including phenoxy) is 2. The standard InChI is InChI=1S/C25H22ClF3N2O4S2/c1-24(2,16-10-19(34-3)14-20(11-16)35-25(27,28)29)22-12-17(26)13-23(30-22)31(37(4,32)33)18-5-6-21-15(9-18)7-8-36-21/h5-14H,1-4H3. The van der Waals surface area contributed by atoms with Crippen LogP contribution in [-0.4, -0.2) is 33.1 Å². The van der Waals surface area contributed by atoms with Gasteiger partial charge in [0.1, 0.15) is 17.3 Å². The van der Waals surface area contributed by atoms with E-state index in [9.17, 15) is 21.6 Å². The summed E-state index contributed by atoms with van der Waals surface area (Å²) < 4.78 is 76.0. The number of nitrogens with zero attached hydrogens (tertiary/aromatic N) is 2. The highest BCUT2D eigenvalue weighted by molar-refractivity contribution is 7.92. The summed E-state index contributed by atoms with van der Waals surface area (Å²) in [5, 5.41) is 2.97. The van der Waals surface area contributed by atoms with E-state index in [0.717, 1.165) is 26.7 Å². The topological polar surface area (TPSA) is 68.7 Å². The van der Waals surface area contributed by atoms with E-state index < -0.39 is 27.6 Å². The predicted octanol–water partition coefficient (Wildman–Crippen LogP) is 7.28. The van der Waals surface area contributed by atoms with Crippen molar-refractivity contribution in [3.8, 4) is 11.5 Å². The van der Waals surface area contributed by atoms with Crippen molar-refractivity contribution in [1.29, 1.82) is 0 Å². The van der Waals surface area contributed by atoms with Crippen LogP contribution in [0.15, 0.2) is 60.0 Å². The number of hydrogen-bond donors (Lipinski definition) is 0. The molecule has 0 radical (unpaired) electrons. The molecule has 4 rings (SSSR count). The second-order valence-electron chi connectivity index (χ2n) is 8.77. The van der Waals surface area contributed by atoms with Crippen molar-refractivity contribution in [3.63, 3.8) is 0 Å². The van der Waals surface area contributed by atoms with E-state index in [1.807, 2.05) is 17.5 Å². The Morgan fingerprint density at radius 1 is 1.00 bits per heavy atom. The summed E-state index contributed by atoms with van der Waals surface area (Å²) in [6.45, 7) is 3.45. The number of sulfonamides is 1. The number of halogens is 4. The molecular formula is C25H22ClF3N2O4S2. The number of alkyl halides is 3. The van der Waals surface area contributed by atoms with Crippen LogP contribution in [0.1, 0.15) is 25.1 Å². The summed E-state index contributed by atoms with van der Waals surface area (Å²) in [5.41, 5.74) is 0.0522. The van der Waals surface area contributed by atoms with Gasteiger partial charge in [0.15, 0.2) is 0 Å². The van der Waals surface area contributed by atoms with Gasteiger partial charge in [-0.2, -0.15) is 0 Å². The second kappa shape index (κ2) is 9.70. The number of pyridine rings is 1. The molecule has 6 nitrogen and oxygen atoms in total. The smallest absolute Gasteiger partial charge is 0.497 e. The van der Waals surface area contributed by atoms with Gasteiger partial charge in [-0.3, -0.25) is 0 Å². The number of thiophene rings is 1. The second-order valence-corrected chi connectivity index (χ2v) is 12.0. The molecule has 196 valence electrons. The first kappa shape index (κ1) is 27.0. The van der Waals surface area contributed by atoms with Gasteiger partial charge in [-0.1, -0.05) is 25.4 Å². The number of anilines is 2. The number of fused-ring (bicyclic) bond motifs is 1. The van der Waals surface area contributed by atoms with Gasteiger partial charge in [0.25, 0.3) is 0 Å². The summed E-state index contributed by atoms with van der Waals surface area (Å²) in [7, 11) is -2.53. The first-order valence-electron chi connectivity index (χ1n) is 10.8. The van der Waals surface area contributed by atoms with Crippen molar-refractivity contribution in [2.75, 3.05) is 17.7 Å². The van der Waals surface area contributed by atoms with Crippen LogP contribution in [-0.2, 0) is 15.4 Å². The zero-order valence-corrected chi connectivity index (χ0v) is 22.5. The Bertz CT molecular complexity index is 1570. The number of aromatic nitrogens is 1. The van der Waals surface area contributed by atoms with E-state index in [-0.39, 0.29) is 16.6 Å². The molecule has 2 aromatic carbocycles. The molecule has 12 heteroatoms. The lowest BCUT2D eigenvalue weighted by atomic mass is 9.81. The summed E-state index contributed by atoms with van der Waals surface area (Å²) in [4.78, 5) is 4.61. The fourth-order valence-electron chi connectivity index (χ4n) is 3.87.